The Morgan fingerprint density at radius 3 is 2.42 bits per heavy atom. The molecule has 1 aromatic carbocycles. The minimum absolute atomic E-state index is 0.417. The van der Waals surface area contributed by atoms with E-state index in [-0.39, 0.29) is 0 Å². The molecule has 1 aromatic rings. The molecule has 1 unspecified atom stereocenters. The topological polar surface area (TPSA) is 21.3 Å². The van der Waals surface area contributed by atoms with Crippen molar-refractivity contribution < 1.29 is 4.74 Å². The van der Waals surface area contributed by atoms with Gasteiger partial charge in [-0.05, 0) is 62.4 Å². The first-order valence-electron chi connectivity index (χ1n) is 7.39. The van der Waals surface area contributed by atoms with Crippen molar-refractivity contribution in [2.45, 2.75) is 54.0 Å². The quantitative estimate of drug-likeness (QED) is 0.802. The highest BCUT2D eigenvalue weighted by Crippen LogP contribution is 2.23. The van der Waals surface area contributed by atoms with Crippen LogP contribution in [0.15, 0.2) is 12.1 Å². The molecule has 1 atom stereocenters. The number of nitrogens with one attached hydrogen (secondary N) is 1. The van der Waals surface area contributed by atoms with Crippen molar-refractivity contribution >= 4 is 0 Å². The van der Waals surface area contributed by atoms with Crippen molar-refractivity contribution in [1.29, 1.82) is 0 Å². The third-order valence-electron chi connectivity index (χ3n) is 3.64. The summed E-state index contributed by atoms with van der Waals surface area (Å²) < 4.78 is 6.06. The molecule has 2 nitrogen and oxygen atoms in total. The summed E-state index contributed by atoms with van der Waals surface area (Å²) >= 11 is 0. The fourth-order valence-electron chi connectivity index (χ4n) is 2.15. The first-order valence-corrected chi connectivity index (χ1v) is 7.39. The minimum Gasteiger partial charge on any atom is -0.492 e. The number of ether oxygens (including phenoxy) is 1. The van der Waals surface area contributed by atoms with E-state index >= 15 is 0 Å². The molecule has 0 fully saturated rings. The van der Waals surface area contributed by atoms with Crippen LogP contribution in [0.2, 0.25) is 0 Å². The maximum Gasteiger partial charge on any atom is 0.122 e. The number of hydrogen-bond donors (Lipinski definition) is 1. The van der Waals surface area contributed by atoms with E-state index in [1.807, 2.05) is 0 Å². The lowest BCUT2D eigenvalue weighted by Crippen LogP contribution is -2.39. The molecule has 0 heterocycles. The highest BCUT2D eigenvalue weighted by atomic mass is 16.5. The summed E-state index contributed by atoms with van der Waals surface area (Å²) in [4.78, 5) is 0. The Morgan fingerprint density at radius 2 is 1.84 bits per heavy atom. The predicted molar refractivity (Wildman–Crippen MR) is 83.1 cm³/mol. The Labute approximate surface area is 118 Å². The standard InChI is InChI=1S/C17H29NO/c1-7-8-18-16(12(2)3)11-19-17-10-13(4)9-14(5)15(17)6/h9-10,12,16,18H,7-8,11H2,1-6H3. The molecular formula is C17H29NO. The number of benzene rings is 1. The first kappa shape index (κ1) is 16.0. The summed E-state index contributed by atoms with van der Waals surface area (Å²) in [5.74, 6) is 1.61. The van der Waals surface area contributed by atoms with Gasteiger partial charge in [0.1, 0.15) is 12.4 Å². The highest BCUT2D eigenvalue weighted by molar-refractivity contribution is 5.41. The fourth-order valence-corrected chi connectivity index (χ4v) is 2.15. The molecule has 0 aliphatic heterocycles. The van der Waals surface area contributed by atoms with Crippen LogP contribution >= 0.6 is 0 Å². The van der Waals surface area contributed by atoms with Gasteiger partial charge in [0.25, 0.3) is 0 Å². The average Bonchev–Trinajstić information content (AvgIpc) is 2.34. The van der Waals surface area contributed by atoms with Gasteiger partial charge in [-0.25, -0.2) is 0 Å². The van der Waals surface area contributed by atoms with Crippen LogP contribution in [0, 0.1) is 26.7 Å². The van der Waals surface area contributed by atoms with Gasteiger partial charge >= 0.3 is 0 Å². The highest BCUT2D eigenvalue weighted by Gasteiger charge is 2.14. The molecule has 0 bridgehead atoms. The third kappa shape index (κ3) is 4.87. The number of rotatable bonds is 7. The molecule has 0 amide bonds. The van der Waals surface area contributed by atoms with E-state index in [4.69, 9.17) is 4.74 Å². The van der Waals surface area contributed by atoms with Crippen LogP contribution in [-0.4, -0.2) is 19.2 Å². The molecule has 0 saturated carbocycles. The smallest absolute Gasteiger partial charge is 0.122 e. The average molecular weight is 263 g/mol. The van der Waals surface area contributed by atoms with Gasteiger partial charge in [-0.15, -0.1) is 0 Å². The molecule has 0 aliphatic rings. The second kappa shape index (κ2) is 7.54. The molecule has 2 heteroatoms. The number of aryl methyl sites for hydroxylation is 2. The van der Waals surface area contributed by atoms with Crippen LogP contribution in [0.4, 0.5) is 0 Å². The molecule has 108 valence electrons. The lowest BCUT2D eigenvalue weighted by Gasteiger charge is -2.23. The van der Waals surface area contributed by atoms with Gasteiger partial charge < -0.3 is 10.1 Å². The van der Waals surface area contributed by atoms with Crippen molar-refractivity contribution in [3.05, 3.63) is 28.8 Å². The maximum absolute atomic E-state index is 6.06. The van der Waals surface area contributed by atoms with Gasteiger partial charge in [-0.2, -0.15) is 0 Å². The molecule has 0 radical (unpaired) electrons. The van der Waals surface area contributed by atoms with Crippen molar-refractivity contribution in [2.75, 3.05) is 13.2 Å². The second-order valence-corrected chi connectivity index (χ2v) is 5.82. The van der Waals surface area contributed by atoms with Crippen molar-refractivity contribution in [3.63, 3.8) is 0 Å². The van der Waals surface area contributed by atoms with Crippen LogP contribution < -0.4 is 10.1 Å². The van der Waals surface area contributed by atoms with Crippen LogP contribution in [0.3, 0.4) is 0 Å². The molecule has 1 N–H and O–H groups in total. The van der Waals surface area contributed by atoms with E-state index in [1.54, 1.807) is 0 Å². The van der Waals surface area contributed by atoms with E-state index < -0.39 is 0 Å². The monoisotopic (exact) mass is 263 g/mol. The summed E-state index contributed by atoms with van der Waals surface area (Å²) in [6.07, 6.45) is 1.16. The van der Waals surface area contributed by atoms with Gasteiger partial charge in [-0.1, -0.05) is 26.8 Å². The molecular weight excluding hydrogens is 234 g/mol. The molecule has 19 heavy (non-hydrogen) atoms. The van der Waals surface area contributed by atoms with E-state index in [1.165, 1.54) is 16.7 Å². The first-order chi connectivity index (χ1) is 8.95. The van der Waals surface area contributed by atoms with Gasteiger partial charge in [0.05, 0.1) is 0 Å². The van der Waals surface area contributed by atoms with Crippen molar-refractivity contribution in [1.82, 2.24) is 5.32 Å². The van der Waals surface area contributed by atoms with Gasteiger partial charge in [0.15, 0.2) is 0 Å². The zero-order valence-corrected chi connectivity index (χ0v) is 13.3. The Balaban J connectivity index is 2.68. The van der Waals surface area contributed by atoms with Gasteiger partial charge in [0.2, 0.25) is 0 Å². The minimum atomic E-state index is 0.417. The van der Waals surface area contributed by atoms with Crippen LogP contribution in [0.5, 0.6) is 5.75 Å². The molecule has 0 spiro atoms. The predicted octanol–water partition coefficient (Wildman–Crippen LogP) is 4.01. The lowest BCUT2D eigenvalue weighted by atomic mass is 10.0. The van der Waals surface area contributed by atoms with E-state index in [0.29, 0.717) is 12.0 Å². The zero-order chi connectivity index (χ0) is 14.4. The van der Waals surface area contributed by atoms with Crippen LogP contribution in [0.25, 0.3) is 0 Å². The third-order valence-corrected chi connectivity index (χ3v) is 3.64. The Hall–Kier alpha value is -1.02. The van der Waals surface area contributed by atoms with Crippen LogP contribution in [0.1, 0.15) is 43.9 Å². The SMILES string of the molecule is CCCNC(COc1cc(C)cc(C)c1C)C(C)C. The van der Waals surface area contributed by atoms with E-state index in [0.717, 1.165) is 25.3 Å². The summed E-state index contributed by atoms with van der Waals surface area (Å²) in [6.45, 7) is 14.9. The fraction of sp³-hybridized carbons (Fsp3) is 0.647. The van der Waals surface area contributed by atoms with Gasteiger partial charge in [0, 0.05) is 6.04 Å². The van der Waals surface area contributed by atoms with Crippen LogP contribution in [-0.2, 0) is 0 Å². The van der Waals surface area contributed by atoms with Crippen molar-refractivity contribution in [3.8, 4) is 5.75 Å². The molecule has 0 aliphatic carbocycles. The molecule has 0 aromatic heterocycles. The maximum atomic E-state index is 6.06. The number of hydrogen-bond acceptors (Lipinski definition) is 2. The normalized spacial score (nSPS) is 12.8. The summed E-state index contributed by atoms with van der Waals surface area (Å²) in [7, 11) is 0. The van der Waals surface area contributed by atoms with Gasteiger partial charge in [-0.3, -0.25) is 0 Å². The van der Waals surface area contributed by atoms with E-state index in [2.05, 4.69) is 59.0 Å². The molecule has 1 rings (SSSR count). The zero-order valence-electron chi connectivity index (χ0n) is 13.3. The summed E-state index contributed by atoms with van der Waals surface area (Å²) in [5, 5.41) is 3.56. The lowest BCUT2D eigenvalue weighted by molar-refractivity contribution is 0.229. The summed E-state index contributed by atoms with van der Waals surface area (Å²) in [6, 6.07) is 4.76. The Kier molecular flexibility index (Phi) is 6.36. The van der Waals surface area contributed by atoms with E-state index in [9.17, 15) is 0 Å². The Bertz CT molecular complexity index is 398. The van der Waals surface area contributed by atoms with Crippen molar-refractivity contribution in [2.24, 2.45) is 5.92 Å². The largest absolute Gasteiger partial charge is 0.492 e. The second-order valence-electron chi connectivity index (χ2n) is 5.82. The summed E-state index contributed by atoms with van der Waals surface area (Å²) in [5.41, 5.74) is 3.82. The Morgan fingerprint density at radius 1 is 1.16 bits per heavy atom. The molecule has 0 saturated heterocycles.